The summed E-state index contributed by atoms with van der Waals surface area (Å²) < 4.78 is 10.6. The molecule has 2 saturated heterocycles. The molecule has 124 valence electrons. The van der Waals surface area contributed by atoms with Gasteiger partial charge in [0.25, 0.3) is 5.91 Å². The van der Waals surface area contributed by atoms with Crippen LogP contribution in [0.2, 0.25) is 0 Å². The van der Waals surface area contributed by atoms with Crippen LogP contribution >= 0.6 is 0 Å². The third-order valence-corrected chi connectivity index (χ3v) is 4.46. The van der Waals surface area contributed by atoms with E-state index in [2.05, 4.69) is 4.90 Å². The molecule has 0 radical (unpaired) electrons. The molecular formula is C17H22N2O4. The molecule has 1 amide bonds. The Morgan fingerprint density at radius 1 is 1.26 bits per heavy atom. The fourth-order valence-corrected chi connectivity index (χ4v) is 3.05. The van der Waals surface area contributed by atoms with Crippen molar-refractivity contribution >= 4 is 11.9 Å². The number of rotatable bonds is 4. The van der Waals surface area contributed by atoms with Gasteiger partial charge in [0.15, 0.2) is 6.61 Å². The van der Waals surface area contributed by atoms with Crippen molar-refractivity contribution in [3.05, 3.63) is 29.8 Å². The summed E-state index contributed by atoms with van der Waals surface area (Å²) in [5.41, 5.74) is 1.02. The molecule has 1 aromatic carbocycles. The number of nitrogens with zero attached hydrogens (tertiary/aromatic N) is 2. The zero-order valence-electron chi connectivity index (χ0n) is 13.4. The molecule has 0 saturated carbocycles. The van der Waals surface area contributed by atoms with Crippen molar-refractivity contribution in [2.24, 2.45) is 0 Å². The number of esters is 1. The van der Waals surface area contributed by atoms with Gasteiger partial charge in [0.2, 0.25) is 0 Å². The van der Waals surface area contributed by atoms with Crippen LogP contribution in [0.5, 0.6) is 5.75 Å². The second kappa shape index (κ2) is 7.00. The molecule has 2 aliphatic rings. The first-order chi connectivity index (χ1) is 11.1. The van der Waals surface area contributed by atoms with Crippen LogP contribution in [0.4, 0.5) is 0 Å². The Morgan fingerprint density at radius 2 is 2.00 bits per heavy atom. The van der Waals surface area contributed by atoms with Crippen LogP contribution in [0.15, 0.2) is 24.3 Å². The summed E-state index contributed by atoms with van der Waals surface area (Å²) in [6.07, 6.45) is 0.753. The van der Waals surface area contributed by atoms with Gasteiger partial charge < -0.3 is 14.4 Å². The number of aryl methyl sites for hydroxylation is 1. The fourth-order valence-electron chi connectivity index (χ4n) is 3.05. The molecule has 6 heteroatoms. The SMILES string of the molecule is Cc1ccccc1OCC(=O)N1CCN(C2CCOC2=O)CC1. The van der Waals surface area contributed by atoms with Crippen LogP contribution in [0.3, 0.4) is 0 Å². The molecule has 3 rings (SSSR count). The topological polar surface area (TPSA) is 59.1 Å². The minimum absolute atomic E-state index is 0.0121. The normalized spacial score (nSPS) is 22.0. The lowest BCUT2D eigenvalue weighted by Gasteiger charge is -2.36. The number of piperazine rings is 1. The van der Waals surface area contributed by atoms with Crippen LogP contribution < -0.4 is 4.74 Å². The van der Waals surface area contributed by atoms with Crippen LogP contribution in [0.1, 0.15) is 12.0 Å². The Hall–Kier alpha value is -2.08. The Morgan fingerprint density at radius 3 is 2.65 bits per heavy atom. The third kappa shape index (κ3) is 3.64. The lowest BCUT2D eigenvalue weighted by molar-refractivity contribution is -0.143. The number of amides is 1. The summed E-state index contributed by atoms with van der Waals surface area (Å²) in [4.78, 5) is 27.8. The highest BCUT2D eigenvalue weighted by Crippen LogP contribution is 2.18. The average Bonchev–Trinajstić information content (AvgIpc) is 3.00. The zero-order chi connectivity index (χ0) is 16.2. The molecule has 1 unspecified atom stereocenters. The zero-order valence-corrected chi connectivity index (χ0v) is 13.4. The van der Waals surface area contributed by atoms with E-state index in [0.717, 1.165) is 17.7 Å². The first kappa shape index (κ1) is 15.8. The molecule has 23 heavy (non-hydrogen) atoms. The van der Waals surface area contributed by atoms with Gasteiger partial charge in [0, 0.05) is 32.6 Å². The molecule has 1 aromatic rings. The summed E-state index contributed by atoms with van der Waals surface area (Å²) in [6.45, 7) is 5.17. The second-order valence-electron chi connectivity index (χ2n) is 5.94. The lowest BCUT2D eigenvalue weighted by atomic mass is 10.2. The van der Waals surface area contributed by atoms with Gasteiger partial charge in [-0.1, -0.05) is 18.2 Å². The van der Waals surface area contributed by atoms with Gasteiger partial charge in [-0.25, -0.2) is 0 Å². The molecule has 6 nitrogen and oxygen atoms in total. The van der Waals surface area contributed by atoms with Crippen molar-refractivity contribution in [3.8, 4) is 5.75 Å². The van der Waals surface area contributed by atoms with Crippen LogP contribution in [-0.2, 0) is 14.3 Å². The predicted molar refractivity (Wildman–Crippen MR) is 84.2 cm³/mol. The smallest absolute Gasteiger partial charge is 0.323 e. The second-order valence-corrected chi connectivity index (χ2v) is 5.94. The van der Waals surface area contributed by atoms with Gasteiger partial charge in [0.1, 0.15) is 11.8 Å². The minimum Gasteiger partial charge on any atom is -0.484 e. The number of para-hydroxylation sites is 1. The quantitative estimate of drug-likeness (QED) is 0.770. The maximum atomic E-state index is 12.3. The molecule has 0 bridgehead atoms. The maximum absolute atomic E-state index is 12.3. The third-order valence-electron chi connectivity index (χ3n) is 4.46. The summed E-state index contributed by atoms with van der Waals surface area (Å²) >= 11 is 0. The summed E-state index contributed by atoms with van der Waals surface area (Å²) in [6, 6.07) is 7.53. The van der Waals surface area contributed by atoms with Crippen molar-refractivity contribution in [3.63, 3.8) is 0 Å². The van der Waals surface area contributed by atoms with Crippen molar-refractivity contribution in [1.29, 1.82) is 0 Å². The van der Waals surface area contributed by atoms with Crippen LogP contribution in [-0.4, -0.2) is 67.1 Å². The summed E-state index contributed by atoms with van der Waals surface area (Å²) in [5, 5.41) is 0. The Balaban J connectivity index is 1.47. The summed E-state index contributed by atoms with van der Waals surface area (Å²) in [5.74, 6) is 0.600. The highest BCUT2D eigenvalue weighted by Gasteiger charge is 2.34. The van der Waals surface area contributed by atoms with E-state index in [-0.39, 0.29) is 24.5 Å². The largest absolute Gasteiger partial charge is 0.484 e. The van der Waals surface area contributed by atoms with Crippen molar-refractivity contribution < 1.29 is 19.1 Å². The molecule has 0 spiro atoms. The number of hydrogen-bond donors (Lipinski definition) is 0. The molecule has 0 N–H and O–H groups in total. The van der Waals surface area contributed by atoms with E-state index in [1.165, 1.54) is 0 Å². The highest BCUT2D eigenvalue weighted by molar-refractivity contribution is 5.79. The van der Waals surface area contributed by atoms with E-state index in [9.17, 15) is 9.59 Å². The number of carbonyl (C=O) groups excluding carboxylic acids is 2. The van der Waals surface area contributed by atoms with Gasteiger partial charge in [-0.3, -0.25) is 14.5 Å². The van der Waals surface area contributed by atoms with Gasteiger partial charge in [-0.2, -0.15) is 0 Å². The highest BCUT2D eigenvalue weighted by atomic mass is 16.5. The Labute approximate surface area is 136 Å². The van der Waals surface area contributed by atoms with E-state index < -0.39 is 0 Å². The van der Waals surface area contributed by atoms with Crippen molar-refractivity contribution in [2.45, 2.75) is 19.4 Å². The number of cyclic esters (lactones) is 1. The first-order valence-corrected chi connectivity index (χ1v) is 8.02. The van der Waals surface area contributed by atoms with Crippen LogP contribution in [0.25, 0.3) is 0 Å². The molecule has 2 heterocycles. The molecule has 0 aliphatic carbocycles. The summed E-state index contributed by atoms with van der Waals surface area (Å²) in [7, 11) is 0. The average molecular weight is 318 g/mol. The molecular weight excluding hydrogens is 296 g/mol. The number of ether oxygens (including phenoxy) is 2. The van der Waals surface area contributed by atoms with Crippen molar-refractivity contribution in [1.82, 2.24) is 9.80 Å². The van der Waals surface area contributed by atoms with E-state index in [0.29, 0.717) is 32.8 Å². The van der Waals surface area contributed by atoms with Gasteiger partial charge in [0.05, 0.1) is 6.61 Å². The first-order valence-electron chi connectivity index (χ1n) is 8.02. The maximum Gasteiger partial charge on any atom is 0.323 e. The van der Waals surface area contributed by atoms with Gasteiger partial charge in [-0.05, 0) is 18.6 Å². The lowest BCUT2D eigenvalue weighted by Crippen LogP contribution is -2.53. The van der Waals surface area contributed by atoms with E-state index in [1.54, 1.807) is 4.90 Å². The molecule has 2 fully saturated rings. The standard InChI is InChI=1S/C17H22N2O4/c1-13-4-2-3-5-15(13)23-12-16(20)19-9-7-18(8-10-19)14-6-11-22-17(14)21/h2-5,14H,6-12H2,1H3. The number of benzene rings is 1. The fraction of sp³-hybridized carbons (Fsp3) is 0.529. The Bertz CT molecular complexity index is 582. The molecule has 0 aromatic heterocycles. The number of hydrogen-bond acceptors (Lipinski definition) is 5. The van der Waals surface area contributed by atoms with Crippen LogP contribution in [0, 0.1) is 6.92 Å². The van der Waals surface area contributed by atoms with Gasteiger partial charge >= 0.3 is 5.97 Å². The molecule has 1 atom stereocenters. The predicted octanol–water partition coefficient (Wildman–Crippen LogP) is 0.834. The van der Waals surface area contributed by atoms with E-state index in [1.807, 2.05) is 31.2 Å². The van der Waals surface area contributed by atoms with E-state index >= 15 is 0 Å². The van der Waals surface area contributed by atoms with Gasteiger partial charge in [-0.15, -0.1) is 0 Å². The van der Waals surface area contributed by atoms with E-state index in [4.69, 9.17) is 9.47 Å². The number of carbonyl (C=O) groups is 2. The molecule has 2 aliphatic heterocycles. The van der Waals surface area contributed by atoms with Crippen molar-refractivity contribution in [2.75, 3.05) is 39.4 Å². The Kier molecular flexibility index (Phi) is 4.81. The minimum atomic E-state index is -0.132. The monoisotopic (exact) mass is 318 g/mol.